The molecule has 0 spiro atoms. The molecule has 0 atom stereocenters. The first-order chi connectivity index (χ1) is 15.0. The third kappa shape index (κ3) is 4.05. The minimum absolute atomic E-state index is 0.233. The number of hydrogen-bond acceptors (Lipinski definition) is 6. The van der Waals surface area contributed by atoms with Crippen molar-refractivity contribution in [2.45, 2.75) is 13.8 Å². The van der Waals surface area contributed by atoms with Crippen molar-refractivity contribution in [3.63, 3.8) is 0 Å². The van der Waals surface area contributed by atoms with Gasteiger partial charge in [0.1, 0.15) is 11.5 Å². The number of piperazine rings is 1. The number of amides is 2. The Balaban J connectivity index is 1.66. The molecule has 0 aliphatic carbocycles. The second kappa shape index (κ2) is 8.89. The second-order valence-electron chi connectivity index (χ2n) is 7.96. The van der Waals surface area contributed by atoms with Crippen molar-refractivity contribution < 1.29 is 14.3 Å². The standard InChI is InChI=1S/C24H28N4O3/c1-17-7-8-19(18(2)16-17)21-22(24(30)28(23(21)29)14-15-31-3)27-12-10-26(11-13-27)20-6-4-5-9-25-20/h4-9,16H,10-15H2,1-3H3. The van der Waals surface area contributed by atoms with Crippen LogP contribution in [0.3, 0.4) is 0 Å². The van der Waals surface area contributed by atoms with Crippen molar-refractivity contribution in [2.75, 3.05) is 51.3 Å². The first kappa shape index (κ1) is 21.1. The first-order valence-electron chi connectivity index (χ1n) is 10.6. The van der Waals surface area contributed by atoms with Crippen LogP contribution in [0.1, 0.15) is 16.7 Å². The first-order valence-corrected chi connectivity index (χ1v) is 10.6. The van der Waals surface area contributed by atoms with Crippen LogP contribution in [0.4, 0.5) is 5.82 Å². The highest BCUT2D eigenvalue weighted by Crippen LogP contribution is 2.34. The van der Waals surface area contributed by atoms with Gasteiger partial charge in [-0.1, -0.05) is 29.8 Å². The fourth-order valence-corrected chi connectivity index (χ4v) is 4.28. The van der Waals surface area contributed by atoms with E-state index in [0.29, 0.717) is 31.0 Å². The van der Waals surface area contributed by atoms with Gasteiger partial charge in [0.15, 0.2) is 0 Å². The molecule has 1 aromatic heterocycles. The van der Waals surface area contributed by atoms with E-state index >= 15 is 0 Å². The van der Waals surface area contributed by atoms with E-state index in [2.05, 4.69) is 20.9 Å². The van der Waals surface area contributed by atoms with E-state index in [-0.39, 0.29) is 18.4 Å². The van der Waals surface area contributed by atoms with Gasteiger partial charge in [-0.15, -0.1) is 0 Å². The van der Waals surface area contributed by atoms with Crippen LogP contribution in [0.15, 0.2) is 48.3 Å². The Labute approximate surface area is 182 Å². The van der Waals surface area contributed by atoms with Crippen LogP contribution >= 0.6 is 0 Å². The average Bonchev–Trinajstić information content (AvgIpc) is 3.02. The molecule has 1 aromatic carbocycles. The number of pyridine rings is 1. The maximum absolute atomic E-state index is 13.4. The fraction of sp³-hybridized carbons (Fsp3) is 0.375. The van der Waals surface area contributed by atoms with Crippen LogP contribution in [-0.2, 0) is 14.3 Å². The Kier molecular flexibility index (Phi) is 6.04. The lowest BCUT2D eigenvalue weighted by atomic mass is 9.97. The fourth-order valence-electron chi connectivity index (χ4n) is 4.28. The number of anilines is 1. The molecule has 2 amide bonds. The molecule has 162 valence electrons. The number of carbonyl (C=O) groups is 2. The van der Waals surface area contributed by atoms with Crippen molar-refractivity contribution in [3.8, 4) is 0 Å². The zero-order valence-corrected chi connectivity index (χ0v) is 18.3. The molecule has 3 heterocycles. The summed E-state index contributed by atoms with van der Waals surface area (Å²) in [7, 11) is 1.57. The minimum Gasteiger partial charge on any atom is -0.383 e. The van der Waals surface area contributed by atoms with Crippen LogP contribution in [0.25, 0.3) is 5.57 Å². The summed E-state index contributed by atoms with van der Waals surface area (Å²) >= 11 is 0. The van der Waals surface area contributed by atoms with E-state index in [9.17, 15) is 9.59 Å². The lowest BCUT2D eigenvalue weighted by molar-refractivity contribution is -0.138. The SMILES string of the molecule is COCCN1C(=O)C(c2ccc(C)cc2C)=C(N2CCN(c3ccccn3)CC2)C1=O. The van der Waals surface area contributed by atoms with Crippen LogP contribution in [0.5, 0.6) is 0 Å². The van der Waals surface area contributed by atoms with Crippen LogP contribution < -0.4 is 4.90 Å². The lowest BCUT2D eigenvalue weighted by Crippen LogP contribution is -2.48. The number of imide groups is 1. The van der Waals surface area contributed by atoms with Gasteiger partial charge in [0.2, 0.25) is 0 Å². The molecule has 2 aliphatic heterocycles. The summed E-state index contributed by atoms with van der Waals surface area (Å²) in [5, 5.41) is 0. The third-order valence-electron chi connectivity index (χ3n) is 5.88. The molecule has 4 rings (SSSR count). The van der Waals surface area contributed by atoms with Gasteiger partial charge >= 0.3 is 0 Å². The van der Waals surface area contributed by atoms with E-state index < -0.39 is 0 Å². The minimum atomic E-state index is -0.240. The van der Waals surface area contributed by atoms with Crippen molar-refractivity contribution in [1.82, 2.24) is 14.8 Å². The van der Waals surface area contributed by atoms with E-state index in [1.165, 1.54) is 4.90 Å². The van der Waals surface area contributed by atoms with E-state index in [4.69, 9.17) is 4.74 Å². The number of aromatic nitrogens is 1. The van der Waals surface area contributed by atoms with Gasteiger partial charge in [0.05, 0.1) is 18.7 Å². The number of benzene rings is 1. The number of hydrogen-bond donors (Lipinski definition) is 0. The highest BCUT2D eigenvalue weighted by Gasteiger charge is 2.42. The topological polar surface area (TPSA) is 66.0 Å². The monoisotopic (exact) mass is 420 g/mol. The zero-order chi connectivity index (χ0) is 22.0. The summed E-state index contributed by atoms with van der Waals surface area (Å²) < 4.78 is 5.13. The van der Waals surface area contributed by atoms with Gasteiger partial charge < -0.3 is 14.5 Å². The molecule has 1 fully saturated rings. The average molecular weight is 421 g/mol. The number of nitrogens with zero attached hydrogens (tertiary/aromatic N) is 4. The van der Waals surface area contributed by atoms with Crippen LogP contribution in [0.2, 0.25) is 0 Å². The highest BCUT2D eigenvalue weighted by molar-refractivity contribution is 6.35. The zero-order valence-electron chi connectivity index (χ0n) is 18.3. The smallest absolute Gasteiger partial charge is 0.277 e. The molecule has 2 aromatic rings. The summed E-state index contributed by atoms with van der Waals surface area (Å²) in [6, 6.07) is 11.9. The van der Waals surface area contributed by atoms with Crippen LogP contribution in [-0.4, -0.2) is 73.0 Å². The molecule has 0 unspecified atom stereocenters. The Morgan fingerprint density at radius 2 is 1.71 bits per heavy atom. The predicted molar refractivity (Wildman–Crippen MR) is 119 cm³/mol. The highest BCUT2D eigenvalue weighted by atomic mass is 16.5. The molecular formula is C24H28N4O3. The van der Waals surface area contributed by atoms with Gasteiger partial charge in [0.25, 0.3) is 11.8 Å². The maximum atomic E-state index is 13.4. The quantitative estimate of drug-likeness (QED) is 0.668. The predicted octanol–water partition coefficient (Wildman–Crippen LogP) is 2.25. The van der Waals surface area contributed by atoms with Gasteiger partial charge in [0, 0.05) is 39.5 Å². The molecule has 2 aliphatic rings. The van der Waals surface area contributed by atoms with E-state index in [1.807, 2.05) is 44.2 Å². The maximum Gasteiger partial charge on any atom is 0.277 e. The summed E-state index contributed by atoms with van der Waals surface area (Å²) in [6.07, 6.45) is 1.79. The van der Waals surface area contributed by atoms with Gasteiger partial charge in [-0.3, -0.25) is 14.5 Å². The molecule has 0 N–H and O–H groups in total. The molecule has 7 heteroatoms. The Bertz CT molecular complexity index is 1010. The van der Waals surface area contributed by atoms with Crippen molar-refractivity contribution >= 4 is 23.2 Å². The number of rotatable bonds is 6. The molecule has 1 saturated heterocycles. The molecular weight excluding hydrogens is 392 g/mol. The normalized spacial score (nSPS) is 17.2. The Hall–Kier alpha value is -3.19. The molecule has 0 radical (unpaired) electrons. The Morgan fingerprint density at radius 3 is 2.35 bits per heavy atom. The number of aryl methyl sites for hydroxylation is 2. The van der Waals surface area contributed by atoms with Crippen LogP contribution in [0, 0.1) is 13.8 Å². The summed E-state index contributed by atoms with van der Waals surface area (Å²) in [5.74, 6) is 0.459. The Morgan fingerprint density at radius 1 is 0.968 bits per heavy atom. The van der Waals surface area contributed by atoms with Gasteiger partial charge in [-0.25, -0.2) is 4.98 Å². The largest absolute Gasteiger partial charge is 0.383 e. The third-order valence-corrected chi connectivity index (χ3v) is 5.88. The summed E-state index contributed by atoms with van der Waals surface area (Å²) in [4.78, 5) is 36.7. The number of carbonyl (C=O) groups excluding carboxylic acids is 2. The molecule has 31 heavy (non-hydrogen) atoms. The summed E-state index contributed by atoms with van der Waals surface area (Å²) in [5.41, 5.74) is 3.96. The lowest BCUT2D eigenvalue weighted by Gasteiger charge is -2.37. The molecule has 0 saturated carbocycles. The van der Waals surface area contributed by atoms with E-state index in [0.717, 1.165) is 35.6 Å². The van der Waals surface area contributed by atoms with Crippen molar-refractivity contribution in [2.24, 2.45) is 0 Å². The second-order valence-corrected chi connectivity index (χ2v) is 7.96. The molecule has 7 nitrogen and oxygen atoms in total. The summed E-state index contributed by atoms with van der Waals surface area (Å²) in [6.45, 7) is 7.35. The number of methoxy groups -OCH3 is 1. The van der Waals surface area contributed by atoms with Crippen molar-refractivity contribution in [1.29, 1.82) is 0 Å². The van der Waals surface area contributed by atoms with Gasteiger partial charge in [-0.2, -0.15) is 0 Å². The van der Waals surface area contributed by atoms with E-state index in [1.54, 1.807) is 13.3 Å². The van der Waals surface area contributed by atoms with Crippen molar-refractivity contribution in [3.05, 3.63) is 65.0 Å². The van der Waals surface area contributed by atoms with Gasteiger partial charge in [-0.05, 0) is 37.1 Å². The molecule has 0 bridgehead atoms. The number of ether oxygens (including phenoxy) is 1.